The number of rotatable bonds is 8. The Kier molecular flexibility index (Phi) is 6.24. The zero-order chi connectivity index (χ0) is 17.3. The third kappa shape index (κ3) is 4.94. The lowest BCUT2D eigenvalue weighted by atomic mass is 10.0. The van der Waals surface area contributed by atoms with Crippen LogP contribution in [0.3, 0.4) is 0 Å². The van der Waals surface area contributed by atoms with E-state index in [9.17, 15) is 0 Å². The van der Waals surface area contributed by atoms with Crippen molar-refractivity contribution in [3.63, 3.8) is 0 Å². The summed E-state index contributed by atoms with van der Waals surface area (Å²) >= 11 is 0. The first-order valence-electron chi connectivity index (χ1n) is 8.80. The summed E-state index contributed by atoms with van der Waals surface area (Å²) in [6.07, 6.45) is 0. The zero-order valence-electron chi connectivity index (χ0n) is 14.7. The Balaban J connectivity index is 1.47. The molecule has 2 nitrogen and oxygen atoms in total. The third-order valence-corrected chi connectivity index (χ3v) is 4.25. The van der Waals surface area contributed by atoms with Crippen LogP contribution in [0.5, 0.6) is 0 Å². The molecule has 25 heavy (non-hydrogen) atoms. The smallest absolute Gasteiger partial charge is 0.0717 e. The van der Waals surface area contributed by atoms with Crippen molar-refractivity contribution in [2.45, 2.75) is 13.5 Å². The van der Waals surface area contributed by atoms with Gasteiger partial charge in [0, 0.05) is 18.8 Å². The van der Waals surface area contributed by atoms with Crippen molar-refractivity contribution in [2.24, 2.45) is 0 Å². The van der Waals surface area contributed by atoms with Gasteiger partial charge in [0.15, 0.2) is 0 Å². The van der Waals surface area contributed by atoms with Gasteiger partial charge in [0.2, 0.25) is 0 Å². The topological polar surface area (TPSA) is 12.5 Å². The van der Waals surface area contributed by atoms with Gasteiger partial charge in [0.05, 0.1) is 13.2 Å². The van der Waals surface area contributed by atoms with Gasteiger partial charge in [-0.25, -0.2) is 0 Å². The van der Waals surface area contributed by atoms with E-state index in [1.807, 2.05) is 24.3 Å². The summed E-state index contributed by atoms with van der Waals surface area (Å²) in [7, 11) is 0. The number of nitrogens with zero attached hydrogens (tertiary/aromatic N) is 1. The maximum atomic E-state index is 5.87. The van der Waals surface area contributed by atoms with Crippen LogP contribution in [0.15, 0.2) is 78.9 Å². The van der Waals surface area contributed by atoms with Crippen LogP contribution in [0.1, 0.15) is 12.5 Å². The molecule has 0 N–H and O–H groups in total. The second-order valence-electron chi connectivity index (χ2n) is 5.94. The lowest BCUT2D eigenvalue weighted by Crippen LogP contribution is -2.26. The number of benzene rings is 3. The van der Waals surface area contributed by atoms with E-state index in [1.165, 1.54) is 16.8 Å². The highest BCUT2D eigenvalue weighted by Gasteiger charge is 2.03. The maximum Gasteiger partial charge on any atom is 0.0717 e. The summed E-state index contributed by atoms with van der Waals surface area (Å²) in [5.74, 6) is 0. The Morgan fingerprint density at radius 1 is 0.880 bits per heavy atom. The summed E-state index contributed by atoms with van der Waals surface area (Å²) in [5.41, 5.74) is 4.75. The number of likely N-dealkylation sites (N-methyl/N-ethyl adjacent to an activating group) is 1. The van der Waals surface area contributed by atoms with Crippen LogP contribution in [-0.4, -0.2) is 19.7 Å². The average molecular weight is 330 g/mol. The molecule has 0 aliphatic carbocycles. The Bertz CT molecular complexity index is 738. The van der Waals surface area contributed by atoms with E-state index in [-0.39, 0.29) is 0 Å². The van der Waals surface area contributed by atoms with Gasteiger partial charge in [-0.1, -0.05) is 66.7 Å². The van der Waals surface area contributed by atoms with E-state index < -0.39 is 0 Å². The maximum absolute atomic E-state index is 5.87. The summed E-state index contributed by atoms with van der Waals surface area (Å²) in [6, 6.07) is 30.3. The van der Waals surface area contributed by atoms with E-state index >= 15 is 0 Å². The summed E-state index contributed by atoms with van der Waals surface area (Å²) < 4.78 is 5.87. The van der Waals surface area contributed by atoms with Gasteiger partial charge in [-0.3, -0.25) is 0 Å². The van der Waals surface area contributed by atoms with Crippen LogP contribution in [0, 0.1) is 6.07 Å². The molecule has 0 aliphatic rings. The van der Waals surface area contributed by atoms with Crippen LogP contribution >= 0.6 is 0 Å². The molecule has 0 fully saturated rings. The van der Waals surface area contributed by atoms with Gasteiger partial charge in [0.1, 0.15) is 0 Å². The third-order valence-electron chi connectivity index (χ3n) is 4.25. The number of hydrogen-bond donors (Lipinski definition) is 0. The lowest BCUT2D eigenvalue weighted by Gasteiger charge is -2.22. The fourth-order valence-corrected chi connectivity index (χ4v) is 2.83. The highest BCUT2D eigenvalue weighted by molar-refractivity contribution is 5.62. The van der Waals surface area contributed by atoms with E-state index in [1.54, 1.807) is 0 Å². The number of para-hydroxylation sites is 1. The predicted molar refractivity (Wildman–Crippen MR) is 105 cm³/mol. The Labute approximate surface area is 150 Å². The van der Waals surface area contributed by atoms with Crippen molar-refractivity contribution in [3.8, 4) is 11.1 Å². The van der Waals surface area contributed by atoms with Gasteiger partial charge in [-0.05, 0) is 41.8 Å². The zero-order valence-corrected chi connectivity index (χ0v) is 14.7. The van der Waals surface area contributed by atoms with Crippen LogP contribution in [0.25, 0.3) is 11.1 Å². The minimum absolute atomic E-state index is 0.644. The van der Waals surface area contributed by atoms with Gasteiger partial charge < -0.3 is 9.64 Å². The average Bonchev–Trinajstić information content (AvgIpc) is 2.70. The number of anilines is 1. The Morgan fingerprint density at radius 2 is 1.64 bits per heavy atom. The molecular formula is C23H24NO. The molecule has 3 aromatic carbocycles. The largest absolute Gasteiger partial charge is 0.375 e. The molecule has 0 spiro atoms. The van der Waals surface area contributed by atoms with Crippen molar-refractivity contribution in [1.29, 1.82) is 0 Å². The normalized spacial score (nSPS) is 10.6. The van der Waals surface area contributed by atoms with Gasteiger partial charge in [0.25, 0.3) is 0 Å². The van der Waals surface area contributed by atoms with Crippen molar-refractivity contribution in [1.82, 2.24) is 0 Å². The molecule has 3 aromatic rings. The van der Waals surface area contributed by atoms with Crippen molar-refractivity contribution in [3.05, 3.63) is 90.5 Å². The van der Waals surface area contributed by atoms with E-state index in [0.29, 0.717) is 6.61 Å². The fraction of sp³-hybridized carbons (Fsp3) is 0.217. The predicted octanol–water partition coefficient (Wildman–Crippen LogP) is 5.20. The van der Waals surface area contributed by atoms with Crippen LogP contribution in [-0.2, 0) is 11.3 Å². The minimum atomic E-state index is 0.644. The molecule has 0 heterocycles. The Hall–Kier alpha value is -2.58. The Morgan fingerprint density at radius 3 is 2.32 bits per heavy atom. The van der Waals surface area contributed by atoms with Crippen LogP contribution in [0.4, 0.5) is 5.69 Å². The van der Waals surface area contributed by atoms with Crippen LogP contribution < -0.4 is 4.90 Å². The SMILES string of the molecule is CCN(CCOCc1ccc(-c2[c]cccc2)cc1)c1ccccc1. The summed E-state index contributed by atoms with van der Waals surface area (Å²) in [4.78, 5) is 2.33. The summed E-state index contributed by atoms with van der Waals surface area (Å²) in [6.45, 7) is 5.42. The van der Waals surface area contributed by atoms with Gasteiger partial charge in [-0.2, -0.15) is 0 Å². The molecule has 0 amide bonds. The minimum Gasteiger partial charge on any atom is -0.375 e. The molecule has 0 atom stereocenters. The molecule has 0 bridgehead atoms. The molecule has 0 saturated heterocycles. The molecule has 2 heteroatoms. The van der Waals surface area contributed by atoms with Gasteiger partial charge in [-0.15, -0.1) is 0 Å². The fourth-order valence-electron chi connectivity index (χ4n) is 2.83. The molecule has 1 radical (unpaired) electrons. The first kappa shape index (κ1) is 17.2. The second kappa shape index (κ2) is 9.05. The molecule has 127 valence electrons. The monoisotopic (exact) mass is 330 g/mol. The van der Waals surface area contributed by atoms with E-state index in [0.717, 1.165) is 25.3 Å². The van der Waals surface area contributed by atoms with Crippen molar-refractivity contribution >= 4 is 5.69 Å². The van der Waals surface area contributed by atoms with Crippen LogP contribution in [0.2, 0.25) is 0 Å². The van der Waals surface area contributed by atoms with E-state index in [2.05, 4.69) is 72.5 Å². The highest BCUT2D eigenvalue weighted by Crippen LogP contribution is 2.19. The first-order valence-corrected chi connectivity index (χ1v) is 8.80. The lowest BCUT2D eigenvalue weighted by molar-refractivity contribution is 0.127. The molecule has 0 aromatic heterocycles. The van der Waals surface area contributed by atoms with E-state index in [4.69, 9.17) is 4.74 Å². The van der Waals surface area contributed by atoms with Crippen molar-refractivity contribution < 1.29 is 4.74 Å². The quantitative estimate of drug-likeness (QED) is 0.527. The molecule has 0 unspecified atom stereocenters. The standard InChI is InChI=1S/C23H24NO/c1-2-24(23-11-7-4-8-12-23)17-18-25-19-20-13-15-22(16-14-20)21-9-5-3-6-10-21/h3-9,11-16H,2,17-19H2,1H3. The van der Waals surface area contributed by atoms with Crippen molar-refractivity contribution in [2.75, 3.05) is 24.6 Å². The summed E-state index contributed by atoms with van der Waals surface area (Å²) in [5, 5.41) is 0. The molecular weight excluding hydrogens is 306 g/mol. The number of ether oxygens (including phenoxy) is 1. The second-order valence-corrected chi connectivity index (χ2v) is 5.94. The number of hydrogen-bond acceptors (Lipinski definition) is 2. The molecule has 3 rings (SSSR count). The van der Waals surface area contributed by atoms with Gasteiger partial charge >= 0.3 is 0 Å². The first-order chi connectivity index (χ1) is 12.4. The highest BCUT2D eigenvalue weighted by atomic mass is 16.5. The molecule has 0 aliphatic heterocycles. The molecule has 0 saturated carbocycles.